The predicted octanol–water partition coefficient (Wildman–Crippen LogP) is 2.38. The van der Waals surface area contributed by atoms with Crippen LogP contribution in [-0.2, 0) is 0 Å². The lowest BCUT2D eigenvalue weighted by atomic mass is 10.1. The summed E-state index contributed by atoms with van der Waals surface area (Å²) < 4.78 is 0. The molecule has 0 spiro atoms. The number of carbonyl (C=O) groups excluding carboxylic acids is 1. The summed E-state index contributed by atoms with van der Waals surface area (Å²) in [6.07, 6.45) is 1.26. The zero-order valence-corrected chi connectivity index (χ0v) is 11.9. The fourth-order valence-corrected chi connectivity index (χ4v) is 3.02. The van der Waals surface area contributed by atoms with Crippen LogP contribution in [-0.4, -0.2) is 40.1 Å². The monoisotopic (exact) mass is 272 g/mol. The zero-order valence-electron chi connectivity index (χ0n) is 11.9. The largest absolute Gasteiger partial charge is 0.391 e. The van der Waals surface area contributed by atoms with Gasteiger partial charge in [-0.05, 0) is 49.9 Å². The van der Waals surface area contributed by atoms with E-state index in [4.69, 9.17) is 0 Å². The molecule has 0 radical (unpaired) electrons. The van der Waals surface area contributed by atoms with Crippen molar-refractivity contribution in [1.29, 1.82) is 0 Å². The number of benzene rings is 1. The number of piperidine rings is 1. The maximum atomic E-state index is 12.5. The summed E-state index contributed by atoms with van der Waals surface area (Å²) in [4.78, 5) is 17.4. The summed E-state index contributed by atoms with van der Waals surface area (Å²) in [5.74, 6) is -0.0167. The van der Waals surface area contributed by atoms with E-state index in [1.165, 1.54) is 11.1 Å². The van der Waals surface area contributed by atoms with Gasteiger partial charge < -0.3 is 15.0 Å². The molecule has 1 amide bonds. The normalized spacial score (nSPS) is 19.6. The number of likely N-dealkylation sites (tertiary alicyclic amines) is 1. The highest BCUT2D eigenvalue weighted by Crippen LogP contribution is 2.23. The van der Waals surface area contributed by atoms with Gasteiger partial charge in [0.1, 0.15) is 5.69 Å². The van der Waals surface area contributed by atoms with Crippen molar-refractivity contribution < 1.29 is 9.90 Å². The van der Waals surface area contributed by atoms with Crippen LogP contribution in [0.2, 0.25) is 0 Å². The van der Waals surface area contributed by atoms with Crippen molar-refractivity contribution >= 4 is 16.8 Å². The molecule has 1 saturated heterocycles. The van der Waals surface area contributed by atoms with Crippen molar-refractivity contribution in [2.75, 3.05) is 13.1 Å². The third-order valence-electron chi connectivity index (χ3n) is 4.00. The van der Waals surface area contributed by atoms with Gasteiger partial charge in [-0.15, -0.1) is 0 Å². The number of hydrogen-bond donors (Lipinski definition) is 2. The Morgan fingerprint density at radius 2 is 2.15 bits per heavy atom. The summed E-state index contributed by atoms with van der Waals surface area (Å²) >= 11 is 0. The molecule has 1 aliphatic rings. The molecule has 1 aliphatic heterocycles. The van der Waals surface area contributed by atoms with E-state index in [-0.39, 0.29) is 12.0 Å². The van der Waals surface area contributed by atoms with E-state index in [9.17, 15) is 9.90 Å². The number of aryl methyl sites for hydroxylation is 2. The minimum atomic E-state index is -0.388. The lowest BCUT2D eigenvalue weighted by molar-refractivity contribution is 0.0470. The number of H-pyrrole nitrogens is 1. The third-order valence-corrected chi connectivity index (χ3v) is 4.00. The van der Waals surface area contributed by atoms with Gasteiger partial charge >= 0.3 is 0 Å². The van der Waals surface area contributed by atoms with Crippen molar-refractivity contribution in [2.45, 2.75) is 32.8 Å². The molecular weight excluding hydrogens is 252 g/mol. The van der Waals surface area contributed by atoms with Crippen molar-refractivity contribution in [3.63, 3.8) is 0 Å². The molecule has 3 rings (SSSR count). The van der Waals surface area contributed by atoms with E-state index >= 15 is 0 Å². The summed E-state index contributed by atoms with van der Waals surface area (Å²) in [7, 11) is 0. The number of aromatic nitrogens is 1. The highest BCUT2D eigenvalue weighted by molar-refractivity contribution is 5.99. The van der Waals surface area contributed by atoms with Crippen molar-refractivity contribution in [3.8, 4) is 0 Å². The molecule has 2 heterocycles. The smallest absolute Gasteiger partial charge is 0.270 e. The number of aromatic amines is 1. The number of rotatable bonds is 1. The maximum absolute atomic E-state index is 12.5. The quantitative estimate of drug-likeness (QED) is 0.837. The van der Waals surface area contributed by atoms with Gasteiger partial charge in [-0.1, -0.05) is 6.07 Å². The van der Waals surface area contributed by atoms with E-state index in [1.54, 1.807) is 4.90 Å². The number of fused-ring (bicyclic) bond motifs is 1. The van der Waals surface area contributed by atoms with E-state index in [0.29, 0.717) is 12.2 Å². The van der Waals surface area contributed by atoms with Crippen LogP contribution >= 0.6 is 0 Å². The van der Waals surface area contributed by atoms with Crippen LogP contribution in [0.5, 0.6) is 0 Å². The van der Waals surface area contributed by atoms with Gasteiger partial charge in [0.05, 0.1) is 6.10 Å². The molecule has 106 valence electrons. The predicted molar refractivity (Wildman–Crippen MR) is 78.9 cm³/mol. The Morgan fingerprint density at radius 1 is 1.35 bits per heavy atom. The minimum absolute atomic E-state index is 0.0167. The topological polar surface area (TPSA) is 56.3 Å². The Balaban J connectivity index is 1.93. The number of nitrogens with zero attached hydrogens (tertiary/aromatic N) is 1. The molecule has 0 aliphatic carbocycles. The molecule has 2 aromatic rings. The molecule has 2 N–H and O–H groups in total. The van der Waals surface area contributed by atoms with Gasteiger partial charge in [-0.3, -0.25) is 4.79 Å². The molecule has 1 aromatic carbocycles. The van der Waals surface area contributed by atoms with Crippen molar-refractivity contribution in [1.82, 2.24) is 9.88 Å². The summed E-state index contributed by atoms with van der Waals surface area (Å²) in [6.45, 7) is 5.27. The first-order valence-corrected chi connectivity index (χ1v) is 7.12. The number of nitrogens with one attached hydrogen (secondary N) is 1. The Labute approximate surface area is 118 Å². The zero-order chi connectivity index (χ0) is 14.3. The molecule has 20 heavy (non-hydrogen) atoms. The molecule has 4 nitrogen and oxygen atoms in total. The van der Waals surface area contributed by atoms with Crippen LogP contribution in [0.25, 0.3) is 10.9 Å². The fourth-order valence-electron chi connectivity index (χ4n) is 3.02. The molecule has 0 bridgehead atoms. The maximum Gasteiger partial charge on any atom is 0.270 e. The minimum Gasteiger partial charge on any atom is -0.391 e. The Kier molecular flexibility index (Phi) is 3.26. The standard InChI is InChI=1S/C16H20N2O2/c1-10-6-11(2)13-8-15(17-14(13)7-10)16(20)18-5-3-4-12(19)9-18/h6-8,12,17,19H,3-5,9H2,1-2H3. The molecule has 1 atom stereocenters. The van der Waals surface area contributed by atoms with Gasteiger partial charge in [0, 0.05) is 24.0 Å². The number of aliphatic hydroxyl groups is 1. The number of carbonyl (C=O) groups is 1. The van der Waals surface area contributed by atoms with Gasteiger partial charge in [0.15, 0.2) is 0 Å². The van der Waals surface area contributed by atoms with Crippen LogP contribution in [0.15, 0.2) is 18.2 Å². The molecular formula is C16H20N2O2. The molecule has 0 saturated carbocycles. The average molecular weight is 272 g/mol. The second-order valence-corrected chi connectivity index (χ2v) is 5.77. The fraction of sp³-hybridized carbons (Fsp3) is 0.438. The first-order valence-electron chi connectivity index (χ1n) is 7.12. The molecule has 1 aromatic heterocycles. The number of aliphatic hydroxyl groups excluding tert-OH is 1. The summed E-state index contributed by atoms with van der Waals surface area (Å²) in [5.41, 5.74) is 3.98. The summed E-state index contributed by atoms with van der Waals surface area (Å²) in [5, 5.41) is 10.8. The Morgan fingerprint density at radius 3 is 2.90 bits per heavy atom. The highest BCUT2D eigenvalue weighted by Gasteiger charge is 2.24. The number of β-amino-alcohol motifs (C(OH)–C–C–N with tert-alkyl or cyclic N) is 1. The number of hydrogen-bond acceptors (Lipinski definition) is 2. The van der Waals surface area contributed by atoms with E-state index < -0.39 is 0 Å². The van der Waals surface area contributed by atoms with Gasteiger partial charge in [-0.2, -0.15) is 0 Å². The Hall–Kier alpha value is -1.81. The first-order chi connectivity index (χ1) is 9.54. The van der Waals surface area contributed by atoms with E-state index in [0.717, 1.165) is 30.3 Å². The molecule has 1 unspecified atom stereocenters. The van der Waals surface area contributed by atoms with Gasteiger partial charge in [0.25, 0.3) is 5.91 Å². The van der Waals surface area contributed by atoms with Crippen molar-refractivity contribution in [2.24, 2.45) is 0 Å². The Bertz CT molecular complexity index is 660. The van der Waals surface area contributed by atoms with E-state index in [1.807, 2.05) is 6.07 Å². The molecule has 4 heteroatoms. The van der Waals surface area contributed by atoms with Gasteiger partial charge in [-0.25, -0.2) is 0 Å². The third kappa shape index (κ3) is 2.31. The first kappa shape index (κ1) is 13.2. The van der Waals surface area contributed by atoms with Crippen LogP contribution in [0.1, 0.15) is 34.5 Å². The van der Waals surface area contributed by atoms with Crippen LogP contribution in [0.3, 0.4) is 0 Å². The van der Waals surface area contributed by atoms with Gasteiger partial charge in [0.2, 0.25) is 0 Å². The molecule has 1 fully saturated rings. The van der Waals surface area contributed by atoms with E-state index in [2.05, 4.69) is 31.0 Å². The van der Waals surface area contributed by atoms with Crippen LogP contribution in [0, 0.1) is 13.8 Å². The summed E-state index contributed by atoms with van der Waals surface area (Å²) in [6, 6.07) is 6.10. The average Bonchev–Trinajstić information content (AvgIpc) is 2.82. The highest BCUT2D eigenvalue weighted by atomic mass is 16.3. The lowest BCUT2D eigenvalue weighted by Gasteiger charge is -2.29. The SMILES string of the molecule is Cc1cc(C)c2cc(C(=O)N3CCCC(O)C3)[nH]c2c1. The second kappa shape index (κ2) is 4.94. The van der Waals surface area contributed by atoms with Crippen LogP contribution < -0.4 is 0 Å². The number of amides is 1. The lowest BCUT2D eigenvalue weighted by Crippen LogP contribution is -2.42. The van der Waals surface area contributed by atoms with Crippen molar-refractivity contribution in [3.05, 3.63) is 35.0 Å². The second-order valence-electron chi connectivity index (χ2n) is 5.77. The van der Waals surface area contributed by atoms with Crippen LogP contribution in [0.4, 0.5) is 0 Å².